The van der Waals surface area contributed by atoms with Crippen molar-refractivity contribution in [3.05, 3.63) is 48.7 Å². The van der Waals surface area contributed by atoms with Crippen LogP contribution in [-0.4, -0.2) is 36.2 Å². The molecule has 0 saturated carbocycles. The lowest BCUT2D eigenvalue weighted by molar-refractivity contribution is -0.152. The van der Waals surface area contributed by atoms with Crippen molar-refractivity contribution in [3.63, 3.8) is 0 Å². The van der Waals surface area contributed by atoms with Gasteiger partial charge >= 0.3 is 12.1 Å². The molecule has 1 aromatic carbocycles. The smallest absolute Gasteiger partial charge is 0.420 e. The Morgan fingerprint density at radius 3 is 2.38 bits per heavy atom. The summed E-state index contributed by atoms with van der Waals surface area (Å²) in [4.78, 5) is 29.3. The molecule has 0 radical (unpaired) electrons. The molecule has 0 saturated heterocycles. The number of esters is 1. The van der Waals surface area contributed by atoms with E-state index in [4.69, 9.17) is 9.47 Å². The van der Waals surface area contributed by atoms with Crippen LogP contribution in [0, 0.1) is 0 Å². The van der Waals surface area contributed by atoms with E-state index in [9.17, 15) is 9.59 Å². The maximum absolute atomic E-state index is 12.1. The number of carbonyl (C=O) groups is 2. The molecule has 1 amide bonds. The first-order valence-corrected chi connectivity index (χ1v) is 8.17. The highest BCUT2D eigenvalue weighted by Crippen LogP contribution is 2.16. The molecule has 0 atom stereocenters. The summed E-state index contributed by atoms with van der Waals surface area (Å²) in [5, 5.41) is 2.91. The minimum atomic E-state index is -0.543. The number of para-hydroxylation sites is 1. The van der Waals surface area contributed by atoms with Gasteiger partial charge in [-0.05, 0) is 39.0 Å². The number of carbonyl (C=O) groups excluding carboxylic acids is 2. The third-order valence-corrected chi connectivity index (χ3v) is 3.20. The van der Waals surface area contributed by atoms with E-state index in [-0.39, 0.29) is 18.4 Å². The molecule has 26 heavy (non-hydrogen) atoms. The third-order valence-electron chi connectivity index (χ3n) is 3.20. The summed E-state index contributed by atoms with van der Waals surface area (Å²) in [7, 11) is 1.62. The van der Waals surface area contributed by atoms with Crippen LogP contribution in [-0.2, 0) is 9.53 Å². The second-order valence-electron chi connectivity index (χ2n) is 6.59. The van der Waals surface area contributed by atoms with E-state index < -0.39 is 11.7 Å². The first-order chi connectivity index (χ1) is 12.2. The average Bonchev–Trinajstić information content (AvgIpc) is 2.59. The van der Waals surface area contributed by atoms with Crippen LogP contribution in [0.15, 0.2) is 48.7 Å². The van der Waals surface area contributed by atoms with E-state index in [2.05, 4.69) is 10.3 Å². The molecular weight excluding hydrogens is 334 g/mol. The molecule has 1 aromatic heterocycles. The first kappa shape index (κ1) is 19.2. The molecule has 7 heteroatoms. The molecule has 138 valence electrons. The van der Waals surface area contributed by atoms with Crippen molar-refractivity contribution in [2.75, 3.05) is 23.8 Å². The summed E-state index contributed by atoms with van der Waals surface area (Å²) >= 11 is 0. The van der Waals surface area contributed by atoms with E-state index in [0.717, 1.165) is 0 Å². The van der Waals surface area contributed by atoms with Gasteiger partial charge in [-0.1, -0.05) is 18.2 Å². The van der Waals surface area contributed by atoms with Crippen LogP contribution in [0.4, 0.5) is 16.2 Å². The second kappa shape index (κ2) is 8.33. The highest BCUT2D eigenvalue weighted by molar-refractivity contribution is 5.88. The normalized spacial score (nSPS) is 10.8. The van der Waals surface area contributed by atoms with Gasteiger partial charge in [0.1, 0.15) is 12.1 Å². The zero-order chi connectivity index (χ0) is 19.2. The van der Waals surface area contributed by atoms with E-state index in [1.807, 2.05) is 39.0 Å². The Hall–Kier alpha value is -3.09. The lowest BCUT2D eigenvalue weighted by Crippen LogP contribution is -2.29. The van der Waals surface area contributed by atoms with Crippen LogP contribution in [0.3, 0.4) is 0 Å². The van der Waals surface area contributed by atoms with E-state index in [0.29, 0.717) is 11.4 Å². The molecule has 0 aliphatic rings. The molecule has 0 fully saturated rings. The Morgan fingerprint density at radius 2 is 1.81 bits per heavy atom. The Labute approximate surface area is 152 Å². The number of benzene rings is 1. The zero-order valence-electron chi connectivity index (χ0n) is 15.4. The summed E-state index contributed by atoms with van der Waals surface area (Å²) in [5.41, 5.74) is 0.806. The van der Waals surface area contributed by atoms with E-state index in [1.165, 1.54) is 11.1 Å². The van der Waals surface area contributed by atoms with Crippen LogP contribution in [0.25, 0.3) is 0 Å². The van der Waals surface area contributed by atoms with Gasteiger partial charge in [0.05, 0.1) is 11.9 Å². The van der Waals surface area contributed by atoms with Crippen molar-refractivity contribution < 1.29 is 19.1 Å². The van der Waals surface area contributed by atoms with Crippen molar-refractivity contribution >= 4 is 23.4 Å². The molecule has 7 nitrogen and oxygen atoms in total. The number of rotatable bonds is 5. The number of nitrogens with one attached hydrogen (secondary N) is 1. The molecule has 2 rings (SSSR count). The third kappa shape index (κ3) is 6.08. The van der Waals surface area contributed by atoms with Gasteiger partial charge in [0.25, 0.3) is 0 Å². The molecular formula is C19H23N3O4. The van der Waals surface area contributed by atoms with Crippen molar-refractivity contribution in [1.29, 1.82) is 0 Å². The molecule has 2 aromatic rings. The fraction of sp³-hybridized carbons (Fsp3) is 0.316. The molecule has 0 aliphatic carbocycles. The number of pyridine rings is 1. The molecule has 0 bridgehead atoms. The second-order valence-corrected chi connectivity index (χ2v) is 6.59. The molecule has 0 unspecified atom stereocenters. The molecule has 1 N–H and O–H groups in total. The summed E-state index contributed by atoms with van der Waals surface area (Å²) in [6.45, 7) is 5.45. The van der Waals surface area contributed by atoms with Gasteiger partial charge < -0.3 is 14.8 Å². The predicted octanol–water partition coefficient (Wildman–Crippen LogP) is 3.47. The Morgan fingerprint density at radius 1 is 1.12 bits per heavy atom. The van der Waals surface area contributed by atoms with E-state index in [1.54, 1.807) is 31.3 Å². The Kier molecular flexibility index (Phi) is 6.16. The number of amides is 1. The van der Waals surface area contributed by atoms with Gasteiger partial charge in [-0.3, -0.25) is 9.69 Å². The Balaban J connectivity index is 1.87. The van der Waals surface area contributed by atoms with Crippen molar-refractivity contribution in [2.24, 2.45) is 0 Å². The summed E-state index contributed by atoms with van der Waals surface area (Å²) in [6.07, 6.45) is 0.938. The largest absolute Gasteiger partial charge is 0.459 e. The maximum Gasteiger partial charge on any atom is 0.420 e. The quantitative estimate of drug-likeness (QED) is 0.825. The van der Waals surface area contributed by atoms with Gasteiger partial charge in [0, 0.05) is 18.8 Å². The minimum Gasteiger partial charge on any atom is -0.459 e. The van der Waals surface area contributed by atoms with E-state index >= 15 is 0 Å². The van der Waals surface area contributed by atoms with Crippen LogP contribution in [0.1, 0.15) is 20.8 Å². The number of hydrogen-bond donors (Lipinski definition) is 1. The summed E-state index contributed by atoms with van der Waals surface area (Å²) < 4.78 is 10.4. The average molecular weight is 357 g/mol. The molecule has 0 aliphatic heterocycles. The predicted molar refractivity (Wildman–Crippen MR) is 99.4 cm³/mol. The SMILES string of the molecule is CN(C(=O)Oc1ccc(NCC(=O)OC(C)(C)C)cn1)c1ccccc1. The van der Waals surface area contributed by atoms with Gasteiger partial charge in [-0.2, -0.15) is 0 Å². The van der Waals surface area contributed by atoms with Crippen LogP contribution in [0.2, 0.25) is 0 Å². The first-order valence-electron chi connectivity index (χ1n) is 8.17. The number of anilines is 2. The van der Waals surface area contributed by atoms with Crippen LogP contribution < -0.4 is 15.0 Å². The minimum absolute atomic E-state index is 0.0226. The lowest BCUT2D eigenvalue weighted by Gasteiger charge is -2.19. The fourth-order valence-corrected chi connectivity index (χ4v) is 2.01. The van der Waals surface area contributed by atoms with Crippen LogP contribution >= 0.6 is 0 Å². The van der Waals surface area contributed by atoms with Crippen molar-refractivity contribution in [2.45, 2.75) is 26.4 Å². The molecule has 1 heterocycles. The topological polar surface area (TPSA) is 80.8 Å². The fourth-order valence-electron chi connectivity index (χ4n) is 2.01. The van der Waals surface area contributed by atoms with Gasteiger partial charge in [-0.15, -0.1) is 0 Å². The number of nitrogens with zero attached hydrogens (tertiary/aromatic N) is 2. The Bertz CT molecular complexity index is 740. The highest BCUT2D eigenvalue weighted by atomic mass is 16.6. The van der Waals surface area contributed by atoms with Gasteiger partial charge in [0.2, 0.25) is 5.88 Å². The zero-order valence-corrected chi connectivity index (χ0v) is 15.4. The van der Waals surface area contributed by atoms with Crippen molar-refractivity contribution in [3.8, 4) is 5.88 Å². The summed E-state index contributed by atoms with van der Waals surface area (Å²) in [6, 6.07) is 12.4. The maximum atomic E-state index is 12.1. The number of aromatic nitrogens is 1. The van der Waals surface area contributed by atoms with Gasteiger partial charge in [0.15, 0.2) is 0 Å². The number of ether oxygens (including phenoxy) is 2. The summed E-state index contributed by atoms with van der Waals surface area (Å²) in [5.74, 6) is -0.196. The van der Waals surface area contributed by atoms with Crippen molar-refractivity contribution in [1.82, 2.24) is 4.98 Å². The molecule has 0 spiro atoms. The number of hydrogen-bond acceptors (Lipinski definition) is 6. The van der Waals surface area contributed by atoms with Crippen LogP contribution in [0.5, 0.6) is 5.88 Å². The standard InChI is InChI=1S/C19H23N3O4/c1-19(2,3)26-17(23)13-20-14-10-11-16(21-12-14)25-18(24)22(4)15-8-6-5-7-9-15/h5-12,20H,13H2,1-4H3. The van der Waals surface area contributed by atoms with Gasteiger partial charge in [-0.25, -0.2) is 9.78 Å². The monoisotopic (exact) mass is 357 g/mol. The lowest BCUT2D eigenvalue weighted by atomic mass is 10.2. The highest BCUT2D eigenvalue weighted by Gasteiger charge is 2.16.